The van der Waals surface area contributed by atoms with E-state index >= 15 is 0 Å². The number of esters is 6. The molecule has 10 atom stereocenters. The average molecular weight is 699 g/mol. The molecule has 0 radical (unpaired) electrons. The summed E-state index contributed by atoms with van der Waals surface area (Å²) < 4.78 is 32.0. The Kier molecular flexibility index (Phi) is 21.4. The summed E-state index contributed by atoms with van der Waals surface area (Å²) in [5, 5.41) is 58.2. The molecule has 0 amide bonds. The van der Waals surface area contributed by atoms with E-state index in [1.54, 1.807) is 0 Å². The predicted octanol–water partition coefficient (Wildman–Crippen LogP) is -1.65. The lowest BCUT2D eigenvalue weighted by atomic mass is 10.0. The summed E-state index contributed by atoms with van der Waals surface area (Å²) in [4.78, 5) is 76.0. The number of hydrogen-bond donors (Lipinski definition) is 6. The van der Waals surface area contributed by atoms with Gasteiger partial charge in [0, 0.05) is 0 Å². The van der Waals surface area contributed by atoms with Gasteiger partial charge in [0.2, 0.25) is 0 Å². The van der Waals surface area contributed by atoms with Crippen LogP contribution in [0.2, 0.25) is 0 Å². The topological polar surface area (TPSA) is 279 Å². The Morgan fingerprint density at radius 3 is 0.812 bits per heavy atom. The highest BCUT2D eigenvalue weighted by Gasteiger charge is 2.46. The van der Waals surface area contributed by atoms with Crippen LogP contribution in [0.4, 0.5) is 0 Å². The molecule has 48 heavy (non-hydrogen) atoms. The molecule has 0 aromatic rings. The number of aliphatic hydroxyl groups is 6. The Balaban J connectivity index is 7.23. The van der Waals surface area contributed by atoms with E-state index in [0.717, 1.165) is 0 Å². The van der Waals surface area contributed by atoms with Crippen molar-refractivity contribution in [3.8, 4) is 0 Å². The third-order valence-corrected chi connectivity index (χ3v) is 5.75. The lowest BCUT2D eigenvalue weighted by molar-refractivity contribution is -0.211. The summed E-state index contributed by atoms with van der Waals surface area (Å²) in [7, 11) is 0. The van der Waals surface area contributed by atoms with Gasteiger partial charge >= 0.3 is 35.8 Å². The van der Waals surface area contributed by atoms with E-state index in [1.807, 2.05) is 0 Å². The van der Waals surface area contributed by atoms with Gasteiger partial charge in [-0.2, -0.15) is 0 Å². The van der Waals surface area contributed by atoms with Crippen LogP contribution in [0, 0.1) is 0 Å². The van der Waals surface area contributed by atoms with Crippen molar-refractivity contribution in [2.24, 2.45) is 0 Å². The second kappa shape index (κ2) is 23.0. The van der Waals surface area contributed by atoms with Crippen molar-refractivity contribution in [2.45, 2.75) is 141 Å². The molecule has 0 aliphatic rings. The molecule has 278 valence electrons. The highest BCUT2D eigenvalue weighted by atomic mass is 16.6. The molecule has 0 aliphatic heterocycles. The molecule has 0 aromatic carbocycles. The van der Waals surface area contributed by atoms with Crippen LogP contribution < -0.4 is 0 Å². The first kappa shape index (κ1) is 44.6. The molecule has 0 aromatic heterocycles. The van der Waals surface area contributed by atoms with E-state index in [9.17, 15) is 59.4 Å². The lowest BCUT2D eigenvalue weighted by Crippen LogP contribution is -2.55. The second-order valence-corrected chi connectivity index (χ2v) is 11.7. The van der Waals surface area contributed by atoms with Gasteiger partial charge in [0.15, 0.2) is 24.4 Å². The van der Waals surface area contributed by atoms with Gasteiger partial charge in [0.25, 0.3) is 0 Å². The third-order valence-electron chi connectivity index (χ3n) is 5.75. The normalized spacial score (nSPS) is 17.5. The quantitative estimate of drug-likeness (QED) is 0.0515. The van der Waals surface area contributed by atoms with E-state index in [2.05, 4.69) is 0 Å². The maximum Gasteiger partial charge on any atom is 0.308 e. The maximum absolute atomic E-state index is 12.9. The van der Waals surface area contributed by atoms with Gasteiger partial charge in [0.1, 0.15) is 13.2 Å². The molecule has 0 fully saturated rings. The zero-order valence-corrected chi connectivity index (χ0v) is 28.0. The zero-order chi connectivity index (χ0) is 37.1. The van der Waals surface area contributed by atoms with Crippen LogP contribution >= 0.6 is 0 Å². The number of ether oxygens (including phenoxy) is 6. The van der Waals surface area contributed by atoms with Crippen LogP contribution in [0.3, 0.4) is 0 Å². The molecule has 6 N–H and O–H groups in total. The monoisotopic (exact) mass is 698 g/mol. The summed E-state index contributed by atoms with van der Waals surface area (Å²) in [6.45, 7) is 5.68. The molecular formula is C30H50O18. The highest BCUT2D eigenvalue weighted by molar-refractivity contribution is 5.73. The van der Waals surface area contributed by atoms with E-state index < -0.39 is 149 Å². The SMILES string of the molecule is CC(O)CC(=O)OCC(OC(=O)CC(C)O)C(OC(=O)CC(C)O)C(OC(=O)CC(C)O)C(COC(=O)CC(C)O)OC(=O)CC(C)O. The molecule has 10 unspecified atom stereocenters. The van der Waals surface area contributed by atoms with Gasteiger partial charge in [0.05, 0.1) is 75.1 Å². The van der Waals surface area contributed by atoms with Gasteiger partial charge in [-0.15, -0.1) is 0 Å². The van der Waals surface area contributed by atoms with E-state index in [-0.39, 0.29) is 0 Å². The Labute approximate surface area is 278 Å². The Hall–Kier alpha value is -3.42. The minimum absolute atomic E-state index is 0.521. The fourth-order valence-electron chi connectivity index (χ4n) is 3.85. The number of carbonyl (C=O) groups is 6. The minimum Gasteiger partial charge on any atom is -0.461 e. The first-order valence-corrected chi connectivity index (χ1v) is 15.4. The summed E-state index contributed by atoms with van der Waals surface area (Å²) in [5.74, 6) is -6.64. The zero-order valence-electron chi connectivity index (χ0n) is 28.0. The van der Waals surface area contributed by atoms with Gasteiger partial charge < -0.3 is 59.1 Å². The molecule has 0 bridgehead atoms. The fraction of sp³-hybridized carbons (Fsp3) is 0.800. The summed E-state index contributed by atoms with van der Waals surface area (Å²) in [6, 6.07) is 0. The van der Waals surface area contributed by atoms with E-state index in [4.69, 9.17) is 28.4 Å². The Morgan fingerprint density at radius 2 is 0.583 bits per heavy atom. The van der Waals surface area contributed by atoms with Crippen LogP contribution in [-0.2, 0) is 57.2 Å². The molecule has 0 spiro atoms. The second-order valence-electron chi connectivity index (χ2n) is 11.7. The molecular weight excluding hydrogens is 648 g/mol. The first-order chi connectivity index (χ1) is 22.2. The van der Waals surface area contributed by atoms with Crippen molar-refractivity contribution in [3.63, 3.8) is 0 Å². The Morgan fingerprint density at radius 1 is 0.375 bits per heavy atom. The molecule has 0 heterocycles. The van der Waals surface area contributed by atoms with Gasteiger partial charge in [-0.05, 0) is 41.5 Å². The van der Waals surface area contributed by atoms with Crippen LogP contribution in [0.25, 0.3) is 0 Å². The smallest absolute Gasteiger partial charge is 0.308 e. The van der Waals surface area contributed by atoms with Crippen molar-refractivity contribution >= 4 is 35.8 Å². The molecule has 0 saturated heterocycles. The van der Waals surface area contributed by atoms with Crippen molar-refractivity contribution in [2.75, 3.05) is 13.2 Å². The van der Waals surface area contributed by atoms with E-state index in [1.165, 1.54) is 41.5 Å². The van der Waals surface area contributed by atoms with Gasteiger partial charge in [-0.3, -0.25) is 28.8 Å². The largest absolute Gasteiger partial charge is 0.461 e. The third kappa shape index (κ3) is 21.5. The van der Waals surface area contributed by atoms with Crippen molar-refractivity contribution in [3.05, 3.63) is 0 Å². The van der Waals surface area contributed by atoms with Gasteiger partial charge in [-0.1, -0.05) is 0 Å². The number of rotatable bonds is 23. The minimum atomic E-state index is -2.06. The lowest BCUT2D eigenvalue weighted by Gasteiger charge is -2.36. The first-order valence-electron chi connectivity index (χ1n) is 15.4. The maximum atomic E-state index is 12.9. The fourth-order valence-corrected chi connectivity index (χ4v) is 3.85. The molecule has 0 saturated carbocycles. The predicted molar refractivity (Wildman–Crippen MR) is 159 cm³/mol. The molecule has 18 heteroatoms. The van der Waals surface area contributed by atoms with E-state index in [0.29, 0.717) is 0 Å². The molecule has 0 aliphatic carbocycles. The number of aliphatic hydroxyl groups excluding tert-OH is 6. The number of hydrogen-bond acceptors (Lipinski definition) is 18. The van der Waals surface area contributed by atoms with Crippen molar-refractivity contribution < 1.29 is 87.8 Å². The Bertz CT molecular complexity index is 941. The van der Waals surface area contributed by atoms with Crippen molar-refractivity contribution in [1.82, 2.24) is 0 Å². The van der Waals surface area contributed by atoms with Gasteiger partial charge in [-0.25, -0.2) is 0 Å². The van der Waals surface area contributed by atoms with Crippen LogP contribution in [-0.4, -0.2) is 141 Å². The molecule has 18 nitrogen and oxygen atoms in total. The summed E-state index contributed by atoms with van der Waals surface area (Å²) >= 11 is 0. The van der Waals surface area contributed by atoms with Crippen LogP contribution in [0.5, 0.6) is 0 Å². The van der Waals surface area contributed by atoms with Crippen LogP contribution in [0.1, 0.15) is 80.1 Å². The van der Waals surface area contributed by atoms with Crippen LogP contribution in [0.15, 0.2) is 0 Å². The average Bonchev–Trinajstić information content (AvgIpc) is 2.88. The van der Waals surface area contributed by atoms with Crippen molar-refractivity contribution in [1.29, 1.82) is 0 Å². The highest BCUT2D eigenvalue weighted by Crippen LogP contribution is 2.23. The summed E-state index contributed by atoms with van der Waals surface area (Å²) in [5.41, 5.74) is 0. The standard InChI is InChI=1S/C30H50O18/c1-15(31)7-23(37)43-13-21(45-25(39)9-17(3)33)29(47-27(41)11-19(5)35)30(48-28(42)12-20(6)36)22(46-26(40)10-18(4)34)14-44-24(38)8-16(2)32/h15-22,29-36H,7-14H2,1-6H3. The summed E-state index contributed by atoms with van der Waals surface area (Å²) in [6.07, 6.45) is -18.9. The number of carbonyl (C=O) groups excluding carboxylic acids is 6. The molecule has 0 rings (SSSR count).